The molecular weight excluding hydrogens is 437 g/mol. The summed E-state index contributed by atoms with van der Waals surface area (Å²) in [6.07, 6.45) is 4.25. The number of fused-ring (bicyclic) bond motifs is 1. The fourth-order valence-corrected chi connectivity index (χ4v) is 5.04. The lowest BCUT2D eigenvalue weighted by Crippen LogP contribution is -2.32. The molecule has 0 bridgehead atoms. The van der Waals surface area contributed by atoms with Gasteiger partial charge >= 0.3 is 0 Å². The molecule has 180 valence electrons. The van der Waals surface area contributed by atoms with E-state index in [-0.39, 0.29) is 17.6 Å². The summed E-state index contributed by atoms with van der Waals surface area (Å²) < 4.78 is 16.5. The third-order valence-corrected chi connectivity index (χ3v) is 7.04. The number of nitrogens with one attached hydrogen (secondary N) is 1. The zero-order chi connectivity index (χ0) is 24.4. The van der Waals surface area contributed by atoms with E-state index < -0.39 is 0 Å². The van der Waals surface area contributed by atoms with Crippen LogP contribution in [0.25, 0.3) is 16.6 Å². The van der Waals surface area contributed by atoms with Crippen molar-refractivity contribution in [3.05, 3.63) is 95.9 Å². The van der Waals surface area contributed by atoms with Crippen molar-refractivity contribution in [3.63, 3.8) is 0 Å². The van der Waals surface area contributed by atoms with Gasteiger partial charge in [-0.3, -0.25) is 9.69 Å². The number of likely N-dealkylation sites (tertiary alicyclic amines) is 1. The van der Waals surface area contributed by atoms with E-state index in [0.717, 1.165) is 43.7 Å². The number of anilines is 1. The summed E-state index contributed by atoms with van der Waals surface area (Å²) >= 11 is 0. The minimum Gasteiger partial charge on any atom is -0.326 e. The van der Waals surface area contributed by atoms with Gasteiger partial charge in [-0.25, -0.2) is 4.39 Å². The molecule has 2 heterocycles. The quantitative estimate of drug-likeness (QED) is 0.339. The minimum absolute atomic E-state index is 0.0359. The van der Waals surface area contributed by atoms with E-state index in [1.54, 1.807) is 6.07 Å². The van der Waals surface area contributed by atoms with Crippen molar-refractivity contribution >= 4 is 22.5 Å². The van der Waals surface area contributed by atoms with E-state index in [0.29, 0.717) is 11.6 Å². The monoisotopic (exact) mass is 469 g/mol. The van der Waals surface area contributed by atoms with Crippen molar-refractivity contribution in [3.8, 4) is 5.69 Å². The molecule has 0 unspecified atom stereocenters. The summed E-state index contributed by atoms with van der Waals surface area (Å²) in [6.45, 7) is 6.67. The average molecular weight is 470 g/mol. The van der Waals surface area contributed by atoms with E-state index in [1.165, 1.54) is 22.6 Å². The molecule has 3 aromatic carbocycles. The number of hydrogen-bond acceptors (Lipinski definition) is 2. The van der Waals surface area contributed by atoms with Gasteiger partial charge in [0.15, 0.2) is 0 Å². The number of halogens is 1. The highest BCUT2D eigenvalue weighted by molar-refractivity contribution is 5.92. The predicted molar refractivity (Wildman–Crippen MR) is 140 cm³/mol. The first-order chi connectivity index (χ1) is 17.0. The van der Waals surface area contributed by atoms with E-state index >= 15 is 0 Å². The summed E-state index contributed by atoms with van der Waals surface area (Å²) in [5.74, 6) is 0.284. The molecule has 4 nitrogen and oxygen atoms in total. The number of carbonyl (C=O) groups is 1. The molecule has 1 aliphatic rings. The Labute approximate surface area is 206 Å². The highest BCUT2D eigenvalue weighted by atomic mass is 19.1. The van der Waals surface area contributed by atoms with Crippen molar-refractivity contribution in [2.45, 2.75) is 39.2 Å². The van der Waals surface area contributed by atoms with Crippen LogP contribution in [0.5, 0.6) is 0 Å². The zero-order valence-electron chi connectivity index (χ0n) is 20.4. The second kappa shape index (κ2) is 10.0. The maximum absolute atomic E-state index is 14.6. The Kier molecular flexibility index (Phi) is 6.69. The minimum atomic E-state index is -0.215. The van der Waals surface area contributed by atoms with Crippen molar-refractivity contribution < 1.29 is 9.18 Å². The van der Waals surface area contributed by atoms with Gasteiger partial charge in [-0.1, -0.05) is 56.3 Å². The molecule has 0 aliphatic carbocycles. The van der Waals surface area contributed by atoms with Gasteiger partial charge in [0.2, 0.25) is 5.91 Å². The standard InChI is InChI=1S/C30H32FN3O/c1-21(2)30(35)32-25-9-7-8-23(18-25)22-14-16-33(17-15-22)19-24-20-34(28-12-5-3-10-26(24)28)29-13-6-4-11-27(29)31/h3-13,18,20-22H,14-17,19H2,1-2H3,(H,32,35). The van der Waals surface area contributed by atoms with Gasteiger partial charge < -0.3 is 9.88 Å². The van der Waals surface area contributed by atoms with Gasteiger partial charge in [0.1, 0.15) is 5.82 Å². The van der Waals surface area contributed by atoms with Crippen molar-refractivity contribution in [1.29, 1.82) is 0 Å². The van der Waals surface area contributed by atoms with E-state index in [1.807, 2.05) is 48.7 Å². The summed E-state index contributed by atoms with van der Waals surface area (Å²) in [5, 5.41) is 4.19. The lowest BCUT2D eigenvalue weighted by molar-refractivity contribution is -0.118. The first kappa shape index (κ1) is 23.3. The summed E-state index contributed by atoms with van der Waals surface area (Å²) in [6, 6.07) is 23.5. The Bertz CT molecular complexity index is 1330. The van der Waals surface area contributed by atoms with Crippen LogP contribution in [-0.2, 0) is 11.3 Å². The van der Waals surface area contributed by atoms with Crippen LogP contribution >= 0.6 is 0 Å². The maximum Gasteiger partial charge on any atom is 0.226 e. The first-order valence-corrected chi connectivity index (χ1v) is 12.5. The molecule has 5 heteroatoms. The summed E-state index contributed by atoms with van der Waals surface area (Å²) in [7, 11) is 0. The second-order valence-corrected chi connectivity index (χ2v) is 9.81. The third-order valence-electron chi connectivity index (χ3n) is 7.04. The number of carbonyl (C=O) groups excluding carboxylic acids is 1. The Hall–Kier alpha value is -3.44. The second-order valence-electron chi connectivity index (χ2n) is 9.81. The molecule has 0 radical (unpaired) electrons. The number of amides is 1. The molecular formula is C30H32FN3O. The normalized spacial score (nSPS) is 15.1. The van der Waals surface area contributed by atoms with Crippen LogP contribution in [0.3, 0.4) is 0 Å². The van der Waals surface area contributed by atoms with Gasteiger partial charge in [-0.05, 0) is 73.3 Å². The Morgan fingerprint density at radius 3 is 2.51 bits per heavy atom. The molecule has 0 saturated carbocycles. The van der Waals surface area contributed by atoms with Crippen molar-refractivity contribution in [2.24, 2.45) is 5.92 Å². The predicted octanol–water partition coefficient (Wildman–Crippen LogP) is 6.74. The number of hydrogen-bond donors (Lipinski definition) is 1. The number of para-hydroxylation sites is 2. The van der Waals surface area contributed by atoms with Crippen molar-refractivity contribution in [1.82, 2.24) is 9.47 Å². The number of piperidine rings is 1. The Morgan fingerprint density at radius 2 is 1.74 bits per heavy atom. The first-order valence-electron chi connectivity index (χ1n) is 12.5. The van der Waals surface area contributed by atoms with Crippen LogP contribution in [0.15, 0.2) is 79.0 Å². The van der Waals surface area contributed by atoms with Crippen LogP contribution in [-0.4, -0.2) is 28.5 Å². The van der Waals surface area contributed by atoms with Crippen LogP contribution in [0, 0.1) is 11.7 Å². The molecule has 35 heavy (non-hydrogen) atoms. The fourth-order valence-electron chi connectivity index (χ4n) is 5.04. The maximum atomic E-state index is 14.6. The van der Waals surface area contributed by atoms with Gasteiger partial charge in [-0.2, -0.15) is 0 Å². The smallest absolute Gasteiger partial charge is 0.226 e. The van der Waals surface area contributed by atoms with Crippen molar-refractivity contribution in [2.75, 3.05) is 18.4 Å². The highest BCUT2D eigenvalue weighted by Crippen LogP contribution is 2.32. The average Bonchev–Trinajstić information content (AvgIpc) is 3.23. The molecule has 0 spiro atoms. The summed E-state index contributed by atoms with van der Waals surface area (Å²) in [4.78, 5) is 14.6. The van der Waals surface area contributed by atoms with E-state index in [4.69, 9.17) is 0 Å². The van der Waals surface area contributed by atoms with Gasteiger partial charge in [0.25, 0.3) is 0 Å². The molecule has 1 amide bonds. The molecule has 1 aromatic heterocycles. The zero-order valence-corrected chi connectivity index (χ0v) is 20.4. The Balaban J connectivity index is 1.29. The molecule has 0 atom stereocenters. The topological polar surface area (TPSA) is 37.3 Å². The lowest BCUT2D eigenvalue weighted by atomic mass is 9.89. The fraction of sp³-hybridized carbons (Fsp3) is 0.300. The number of aromatic nitrogens is 1. The molecule has 4 aromatic rings. The Morgan fingerprint density at radius 1 is 1.00 bits per heavy atom. The number of rotatable bonds is 6. The molecule has 1 N–H and O–H groups in total. The number of nitrogens with zero attached hydrogens (tertiary/aromatic N) is 2. The van der Waals surface area contributed by atoms with Crippen LogP contribution in [0.1, 0.15) is 43.7 Å². The lowest BCUT2D eigenvalue weighted by Gasteiger charge is -2.32. The van der Waals surface area contributed by atoms with Gasteiger partial charge in [0, 0.05) is 29.7 Å². The van der Waals surface area contributed by atoms with Gasteiger partial charge in [-0.15, -0.1) is 0 Å². The summed E-state index contributed by atoms with van der Waals surface area (Å²) in [5.41, 5.74) is 5.01. The van der Waals surface area contributed by atoms with E-state index in [2.05, 4.69) is 46.7 Å². The molecule has 1 saturated heterocycles. The molecule has 1 aliphatic heterocycles. The van der Waals surface area contributed by atoms with Crippen LogP contribution in [0.4, 0.5) is 10.1 Å². The van der Waals surface area contributed by atoms with E-state index in [9.17, 15) is 9.18 Å². The van der Waals surface area contributed by atoms with Crippen LogP contribution < -0.4 is 5.32 Å². The highest BCUT2D eigenvalue weighted by Gasteiger charge is 2.22. The largest absolute Gasteiger partial charge is 0.326 e. The SMILES string of the molecule is CC(C)C(=O)Nc1cccc(C2CCN(Cc3cn(-c4ccccc4F)c4ccccc34)CC2)c1. The van der Waals surface area contributed by atoms with Gasteiger partial charge in [0.05, 0.1) is 11.2 Å². The third kappa shape index (κ3) is 5.01. The molecule has 1 fully saturated rings. The number of benzene rings is 3. The van der Waals surface area contributed by atoms with Crippen LogP contribution in [0.2, 0.25) is 0 Å². The molecule has 5 rings (SSSR count).